The highest BCUT2D eigenvalue weighted by molar-refractivity contribution is 6.35. The van der Waals surface area contributed by atoms with Crippen LogP contribution in [0.2, 0.25) is 0 Å². The molecule has 0 unspecified atom stereocenters. The third-order valence-corrected chi connectivity index (χ3v) is 2.46. The fourth-order valence-electron chi connectivity index (χ4n) is 1.59. The maximum atomic E-state index is 13.6. The molecule has 1 aromatic carbocycles. The Morgan fingerprint density at radius 2 is 1.75 bits per heavy atom. The van der Waals surface area contributed by atoms with Crippen molar-refractivity contribution in [3.05, 3.63) is 51.3 Å². The first kappa shape index (κ1) is 13.6. The molecule has 2 rings (SSSR count). The van der Waals surface area contributed by atoms with Gasteiger partial charge in [0, 0.05) is 10.5 Å². The van der Waals surface area contributed by atoms with Gasteiger partial charge in [0.05, 0.1) is 5.57 Å². The van der Waals surface area contributed by atoms with Crippen LogP contribution in [0.1, 0.15) is 5.56 Å². The van der Waals surface area contributed by atoms with Gasteiger partial charge in [-0.15, -0.1) is 5.12 Å². The number of halogens is 4. The van der Waals surface area contributed by atoms with Gasteiger partial charge in [-0.05, 0) is 17.7 Å². The van der Waals surface area contributed by atoms with Crippen molar-refractivity contribution in [1.82, 2.24) is 5.12 Å². The fraction of sp³-hybridized carbons (Fsp3) is 0. The number of rotatable bonds is 2. The van der Waals surface area contributed by atoms with Gasteiger partial charge in [0.25, 0.3) is 11.8 Å². The highest BCUT2D eigenvalue weighted by atomic mass is 19.2. The smallest absolute Gasteiger partial charge is 0.266 e. The Morgan fingerprint density at radius 1 is 1.10 bits per heavy atom. The second-order valence-corrected chi connectivity index (χ2v) is 3.53. The first-order valence-electron chi connectivity index (χ1n) is 4.88. The number of benzene rings is 1. The molecule has 0 aliphatic carbocycles. The van der Waals surface area contributed by atoms with E-state index in [1.165, 1.54) is 0 Å². The molecule has 0 N–H and O–H groups in total. The third-order valence-electron chi connectivity index (χ3n) is 2.46. The predicted octanol–water partition coefficient (Wildman–Crippen LogP) is 2.38. The normalized spacial score (nSPS) is 14.9. The summed E-state index contributed by atoms with van der Waals surface area (Å²) < 4.78 is 52.6. The van der Waals surface area contributed by atoms with E-state index >= 15 is 0 Å². The van der Waals surface area contributed by atoms with Crippen LogP contribution in [-0.4, -0.2) is 16.9 Å². The molecule has 0 saturated carbocycles. The second-order valence-electron chi connectivity index (χ2n) is 3.53. The molecule has 102 valence electrons. The van der Waals surface area contributed by atoms with Gasteiger partial charge in [0.1, 0.15) is 5.70 Å². The molecule has 0 fully saturated rings. The molecule has 1 aromatic rings. The number of amides is 2. The van der Waals surface area contributed by atoms with Crippen LogP contribution in [0.15, 0.2) is 22.9 Å². The average Bonchev–Trinajstić information content (AvgIpc) is 2.63. The molecule has 0 atom stereocenters. The molecule has 0 bridgehead atoms. The summed E-state index contributed by atoms with van der Waals surface area (Å²) in [5.74, 6) is -8.50. The van der Waals surface area contributed by atoms with Gasteiger partial charge in [-0.3, -0.25) is 9.59 Å². The Labute approximate surface area is 107 Å². The van der Waals surface area contributed by atoms with E-state index in [9.17, 15) is 27.2 Å². The van der Waals surface area contributed by atoms with E-state index in [1.807, 2.05) is 0 Å². The predicted molar refractivity (Wildman–Crippen MR) is 55.3 cm³/mol. The van der Waals surface area contributed by atoms with Gasteiger partial charge in [0.15, 0.2) is 17.5 Å². The number of nitrogens with zero attached hydrogens (tertiary/aromatic N) is 4. The summed E-state index contributed by atoms with van der Waals surface area (Å²) >= 11 is 0. The van der Waals surface area contributed by atoms with Crippen LogP contribution in [0.4, 0.5) is 17.7 Å². The van der Waals surface area contributed by atoms with Crippen LogP contribution in [-0.2, 0) is 9.59 Å². The monoisotopic (exact) mass is 286 g/mol. The van der Waals surface area contributed by atoms with Crippen molar-refractivity contribution in [1.29, 1.82) is 0 Å². The maximum Gasteiger partial charge on any atom is 0.292 e. The molecule has 20 heavy (non-hydrogen) atoms. The molecule has 0 spiro atoms. The number of hydrogen-bond acceptors (Lipinski definition) is 3. The number of carbonyl (C=O) groups is 2. The van der Waals surface area contributed by atoms with Gasteiger partial charge in [-0.2, -0.15) is 0 Å². The minimum Gasteiger partial charge on any atom is -0.266 e. The van der Waals surface area contributed by atoms with E-state index < -0.39 is 51.2 Å². The summed E-state index contributed by atoms with van der Waals surface area (Å²) in [6.07, 6.45) is 0. The molecule has 10 heteroatoms. The van der Waals surface area contributed by atoms with E-state index in [2.05, 4.69) is 10.0 Å². The van der Waals surface area contributed by atoms with Crippen LogP contribution in [0, 0.1) is 17.5 Å². The van der Waals surface area contributed by atoms with E-state index in [0.29, 0.717) is 12.1 Å². The molecule has 1 aliphatic heterocycles. The van der Waals surface area contributed by atoms with Crippen molar-refractivity contribution in [3.8, 4) is 0 Å². The average molecular weight is 286 g/mol. The van der Waals surface area contributed by atoms with E-state index in [4.69, 9.17) is 5.53 Å². The Hall–Kier alpha value is -2.87. The summed E-state index contributed by atoms with van der Waals surface area (Å²) in [5, 5.41) is 1.87. The molecule has 0 aromatic heterocycles. The SMILES string of the molecule is [N-]=[N+]=NC1=C(c2ccc(F)c(F)c2F)C(=O)N(F)C1=O. The van der Waals surface area contributed by atoms with E-state index in [0.717, 1.165) is 0 Å². The molecular formula is C10H2F4N4O2. The summed E-state index contributed by atoms with van der Waals surface area (Å²) in [6, 6.07) is 1.10. The first-order chi connectivity index (χ1) is 9.40. The fourth-order valence-corrected chi connectivity index (χ4v) is 1.59. The lowest BCUT2D eigenvalue weighted by molar-refractivity contribution is -0.152. The highest BCUT2D eigenvalue weighted by Crippen LogP contribution is 2.33. The molecule has 1 aliphatic rings. The molecule has 2 amide bonds. The van der Waals surface area contributed by atoms with Crippen LogP contribution in [0.5, 0.6) is 0 Å². The molecule has 0 radical (unpaired) electrons. The lowest BCUT2D eigenvalue weighted by atomic mass is 10.0. The van der Waals surface area contributed by atoms with E-state index in [1.54, 1.807) is 0 Å². The summed E-state index contributed by atoms with van der Waals surface area (Å²) in [5.41, 5.74) is 5.34. The number of carbonyl (C=O) groups excluding carboxylic acids is 2. The van der Waals surface area contributed by atoms with Crippen molar-refractivity contribution in [2.45, 2.75) is 0 Å². The Morgan fingerprint density at radius 3 is 2.35 bits per heavy atom. The third kappa shape index (κ3) is 1.79. The largest absolute Gasteiger partial charge is 0.292 e. The minimum atomic E-state index is -1.91. The number of azide groups is 1. The number of imide groups is 1. The Kier molecular flexibility index (Phi) is 3.16. The highest BCUT2D eigenvalue weighted by Gasteiger charge is 2.41. The van der Waals surface area contributed by atoms with Crippen molar-refractivity contribution < 1.29 is 27.2 Å². The topological polar surface area (TPSA) is 86.1 Å². The Bertz CT molecular complexity index is 724. The minimum absolute atomic E-state index is 0.479. The van der Waals surface area contributed by atoms with Crippen molar-refractivity contribution in [3.63, 3.8) is 0 Å². The zero-order valence-corrected chi connectivity index (χ0v) is 9.27. The van der Waals surface area contributed by atoms with Crippen LogP contribution in [0.3, 0.4) is 0 Å². The van der Waals surface area contributed by atoms with Crippen LogP contribution < -0.4 is 0 Å². The summed E-state index contributed by atoms with van der Waals surface area (Å²) in [6.45, 7) is 0. The summed E-state index contributed by atoms with van der Waals surface area (Å²) in [7, 11) is 0. The van der Waals surface area contributed by atoms with Gasteiger partial charge in [-0.1, -0.05) is 9.60 Å². The molecule has 6 nitrogen and oxygen atoms in total. The molecular weight excluding hydrogens is 284 g/mol. The molecule has 1 heterocycles. The zero-order chi connectivity index (χ0) is 15.0. The lowest BCUT2D eigenvalue weighted by Gasteiger charge is -2.05. The van der Waals surface area contributed by atoms with Gasteiger partial charge < -0.3 is 0 Å². The van der Waals surface area contributed by atoms with Gasteiger partial charge >= 0.3 is 0 Å². The van der Waals surface area contributed by atoms with Crippen molar-refractivity contribution in [2.24, 2.45) is 5.11 Å². The van der Waals surface area contributed by atoms with Gasteiger partial charge in [-0.25, -0.2) is 13.2 Å². The quantitative estimate of drug-likeness (QED) is 0.159. The van der Waals surface area contributed by atoms with Gasteiger partial charge in [0.2, 0.25) is 0 Å². The summed E-state index contributed by atoms with van der Waals surface area (Å²) in [4.78, 5) is 24.9. The van der Waals surface area contributed by atoms with Crippen LogP contribution in [0.25, 0.3) is 16.0 Å². The van der Waals surface area contributed by atoms with Crippen molar-refractivity contribution in [2.75, 3.05) is 0 Å². The zero-order valence-electron chi connectivity index (χ0n) is 9.27. The lowest BCUT2D eigenvalue weighted by Crippen LogP contribution is -2.22. The Balaban J connectivity index is 2.78. The van der Waals surface area contributed by atoms with Crippen LogP contribution >= 0.6 is 0 Å². The second kappa shape index (κ2) is 4.67. The standard InChI is InChI=1S/C10H2F4N4O2/c11-4-2-1-3(6(12)7(4)13)5-8(16-17-15)10(20)18(14)9(5)19/h1-2H. The first-order valence-corrected chi connectivity index (χ1v) is 4.88. The number of hydrogen-bond donors (Lipinski definition) is 0. The van der Waals surface area contributed by atoms with Crippen molar-refractivity contribution >= 4 is 17.4 Å². The molecule has 0 saturated heterocycles. The maximum absolute atomic E-state index is 13.6. The van der Waals surface area contributed by atoms with E-state index in [-0.39, 0.29) is 0 Å².